The molecule has 0 saturated carbocycles. The molecular formula is C13H24N2O4. The Morgan fingerprint density at radius 2 is 1.84 bits per heavy atom. The van der Waals surface area contributed by atoms with Gasteiger partial charge in [-0.1, -0.05) is 13.8 Å². The first-order valence-corrected chi connectivity index (χ1v) is 6.37. The molecule has 1 rings (SSSR count). The molecule has 6 nitrogen and oxygen atoms in total. The van der Waals surface area contributed by atoms with E-state index in [1.54, 1.807) is 14.0 Å². The maximum atomic E-state index is 11.6. The largest absolute Gasteiger partial charge is 0.382 e. The summed E-state index contributed by atoms with van der Waals surface area (Å²) in [7, 11) is 3.11. The van der Waals surface area contributed by atoms with Crippen molar-refractivity contribution < 1.29 is 9.47 Å². The van der Waals surface area contributed by atoms with Crippen molar-refractivity contribution in [3.63, 3.8) is 0 Å². The van der Waals surface area contributed by atoms with Crippen molar-refractivity contribution in [2.45, 2.75) is 46.4 Å². The van der Waals surface area contributed by atoms with Gasteiger partial charge in [0.2, 0.25) is 0 Å². The first-order valence-electron chi connectivity index (χ1n) is 6.37. The Morgan fingerprint density at radius 3 is 2.32 bits per heavy atom. The molecule has 0 bridgehead atoms. The fourth-order valence-corrected chi connectivity index (χ4v) is 1.50. The second kappa shape index (κ2) is 8.66. The average Bonchev–Trinajstić information content (AvgIpc) is 2.42. The molecule has 0 saturated heterocycles. The highest BCUT2D eigenvalue weighted by molar-refractivity contribution is 5.01. The Labute approximate surface area is 113 Å². The van der Waals surface area contributed by atoms with Crippen LogP contribution in [0.5, 0.6) is 0 Å². The van der Waals surface area contributed by atoms with E-state index in [1.807, 2.05) is 20.8 Å². The topological polar surface area (TPSA) is 73.3 Å². The van der Waals surface area contributed by atoms with Crippen LogP contribution in [0.15, 0.2) is 15.8 Å². The molecule has 1 heterocycles. The highest BCUT2D eigenvalue weighted by Crippen LogP contribution is 2.13. The number of nitrogens with zero attached hydrogens (tertiary/aromatic N) is 1. The van der Waals surface area contributed by atoms with Crippen molar-refractivity contribution in [1.82, 2.24) is 9.55 Å². The van der Waals surface area contributed by atoms with Crippen LogP contribution in [0.4, 0.5) is 0 Å². The van der Waals surface area contributed by atoms with E-state index in [4.69, 9.17) is 9.47 Å². The van der Waals surface area contributed by atoms with E-state index in [-0.39, 0.29) is 11.7 Å². The smallest absolute Gasteiger partial charge is 0.330 e. The molecule has 0 aliphatic heterocycles. The number of aromatic amines is 1. The molecule has 6 heteroatoms. The molecular weight excluding hydrogens is 248 g/mol. The lowest BCUT2D eigenvalue weighted by Crippen LogP contribution is -2.35. The molecule has 1 N–H and O–H groups in total. The van der Waals surface area contributed by atoms with Crippen molar-refractivity contribution in [3.8, 4) is 0 Å². The van der Waals surface area contributed by atoms with Crippen molar-refractivity contribution in [2.24, 2.45) is 0 Å². The first-order chi connectivity index (χ1) is 8.99. The van der Waals surface area contributed by atoms with E-state index < -0.39 is 11.9 Å². The molecule has 0 aliphatic rings. The number of hydrogen-bond donors (Lipinski definition) is 1. The summed E-state index contributed by atoms with van der Waals surface area (Å²) in [6, 6.07) is 0. The molecule has 1 aromatic rings. The lowest BCUT2D eigenvalue weighted by molar-refractivity contribution is -0.0119. The zero-order valence-corrected chi connectivity index (χ0v) is 12.5. The van der Waals surface area contributed by atoms with E-state index in [1.165, 1.54) is 17.9 Å². The van der Waals surface area contributed by atoms with Crippen LogP contribution in [-0.4, -0.2) is 29.9 Å². The number of ether oxygens (including phenoxy) is 2. The zero-order valence-electron chi connectivity index (χ0n) is 12.5. The minimum Gasteiger partial charge on any atom is -0.382 e. The Morgan fingerprint density at radius 1 is 1.26 bits per heavy atom. The molecule has 19 heavy (non-hydrogen) atoms. The van der Waals surface area contributed by atoms with Gasteiger partial charge in [-0.3, -0.25) is 14.3 Å². The quantitative estimate of drug-likeness (QED) is 0.880. The number of methoxy groups -OCH3 is 2. The fourth-order valence-electron chi connectivity index (χ4n) is 1.50. The average molecular weight is 272 g/mol. The van der Waals surface area contributed by atoms with Gasteiger partial charge < -0.3 is 9.47 Å². The van der Waals surface area contributed by atoms with Gasteiger partial charge in [-0.15, -0.1) is 0 Å². The Bertz CT molecular complexity index is 478. The van der Waals surface area contributed by atoms with Gasteiger partial charge in [-0.2, -0.15) is 0 Å². The van der Waals surface area contributed by atoms with Gasteiger partial charge in [0, 0.05) is 32.4 Å². The van der Waals surface area contributed by atoms with Crippen LogP contribution in [0, 0.1) is 6.92 Å². The summed E-state index contributed by atoms with van der Waals surface area (Å²) in [5, 5.41) is 0. The lowest BCUT2D eigenvalue weighted by atomic mass is 10.2. The number of aryl methyl sites for hydroxylation is 1. The van der Waals surface area contributed by atoms with Crippen LogP contribution in [0.2, 0.25) is 0 Å². The maximum Gasteiger partial charge on any atom is 0.330 e. The molecule has 0 spiro atoms. The SMILES string of the molecule is CC.CO[C@@H](C)C[C@@H](OC)n1cc(C)c(=O)[nH]c1=O. The third-order valence-electron chi connectivity index (χ3n) is 2.66. The highest BCUT2D eigenvalue weighted by Gasteiger charge is 2.16. The van der Waals surface area contributed by atoms with Crippen LogP contribution in [0.25, 0.3) is 0 Å². The van der Waals surface area contributed by atoms with Gasteiger partial charge >= 0.3 is 5.69 Å². The first kappa shape index (κ1) is 17.6. The van der Waals surface area contributed by atoms with Crippen LogP contribution in [-0.2, 0) is 9.47 Å². The van der Waals surface area contributed by atoms with Gasteiger partial charge in [0.05, 0.1) is 6.10 Å². The van der Waals surface area contributed by atoms with Crippen molar-refractivity contribution >= 4 is 0 Å². The normalized spacial score (nSPS) is 13.4. The van der Waals surface area contributed by atoms with Gasteiger partial charge in [-0.05, 0) is 13.8 Å². The summed E-state index contributed by atoms with van der Waals surface area (Å²) < 4.78 is 11.7. The predicted octanol–water partition coefficient (Wildman–Crippen LogP) is 1.44. The molecule has 0 aliphatic carbocycles. The number of rotatable bonds is 5. The third-order valence-corrected chi connectivity index (χ3v) is 2.66. The van der Waals surface area contributed by atoms with E-state index in [2.05, 4.69) is 4.98 Å². The summed E-state index contributed by atoms with van der Waals surface area (Å²) in [5.41, 5.74) is -0.381. The molecule has 110 valence electrons. The molecule has 0 unspecified atom stereocenters. The summed E-state index contributed by atoms with van der Waals surface area (Å²) >= 11 is 0. The Balaban J connectivity index is 0.00000154. The second-order valence-corrected chi connectivity index (χ2v) is 3.95. The van der Waals surface area contributed by atoms with Crippen molar-refractivity contribution in [2.75, 3.05) is 14.2 Å². The van der Waals surface area contributed by atoms with E-state index in [0.717, 1.165) is 0 Å². The van der Waals surface area contributed by atoms with Gasteiger partial charge in [0.25, 0.3) is 5.56 Å². The van der Waals surface area contributed by atoms with Gasteiger partial charge in [-0.25, -0.2) is 4.79 Å². The van der Waals surface area contributed by atoms with Crippen LogP contribution < -0.4 is 11.2 Å². The molecule has 0 amide bonds. The molecule has 1 aromatic heterocycles. The van der Waals surface area contributed by atoms with Crippen LogP contribution in [0.1, 0.15) is 39.0 Å². The van der Waals surface area contributed by atoms with Crippen LogP contribution in [0.3, 0.4) is 0 Å². The minimum absolute atomic E-state index is 0.0425. The van der Waals surface area contributed by atoms with Gasteiger partial charge in [0.15, 0.2) is 0 Å². The number of hydrogen-bond acceptors (Lipinski definition) is 4. The standard InChI is InChI=1S/C11H18N2O4.C2H6/c1-7-6-13(11(15)12-10(7)14)9(17-4)5-8(2)16-3;1-2/h6,8-9H,5H2,1-4H3,(H,12,14,15);1-2H3/t8-,9+;/m0./s1. The summed E-state index contributed by atoms with van der Waals surface area (Å²) in [4.78, 5) is 25.1. The van der Waals surface area contributed by atoms with Crippen molar-refractivity contribution in [3.05, 3.63) is 32.6 Å². The lowest BCUT2D eigenvalue weighted by Gasteiger charge is -2.21. The maximum absolute atomic E-state index is 11.6. The molecule has 0 radical (unpaired) electrons. The minimum atomic E-state index is -0.476. The van der Waals surface area contributed by atoms with E-state index in [9.17, 15) is 9.59 Å². The third kappa shape index (κ3) is 5.00. The van der Waals surface area contributed by atoms with Gasteiger partial charge in [0.1, 0.15) is 6.23 Å². The predicted molar refractivity (Wildman–Crippen MR) is 74.5 cm³/mol. The number of aromatic nitrogens is 2. The van der Waals surface area contributed by atoms with E-state index >= 15 is 0 Å². The monoisotopic (exact) mass is 272 g/mol. The Kier molecular flexibility index (Phi) is 8.02. The number of H-pyrrole nitrogens is 1. The Hall–Kier alpha value is -1.40. The zero-order chi connectivity index (χ0) is 15.0. The molecule has 2 atom stereocenters. The summed E-state index contributed by atoms with van der Waals surface area (Å²) in [5.74, 6) is 0. The molecule has 0 aromatic carbocycles. The second-order valence-electron chi connectivity index (χ2n) is 3.95. The summed E-state index contributed by atoms with van der Waals surface area (Å²) in [6.45, 7) is 7.52. The summed E-state index contributed by atoms with van der Waals surface area (Å²) in [6.07, 6.45) is 1.53. The highest BCUT2D eigenvalue weighted by atomic mass is 16.5. The number of nitrogens with one attached hydrogen (secondary N) is 1. The fraction of sp³-hybridized carbons (Fsp3) is 0.692. The van der Waals surface area contributed by atoms with Crippen molar-refractivity contribution in [1.29, 1.82) is 0 Å². The van der Waals surface area contributed by atoms with Crippen LogP contribution >= 0.6 is 0 Å². The van der Waals surface area contributed by atoms with E-state index in [0.29, 0.717) is 12.0 Å². The molecule has 0 fully saturated rings.